The molecule has 0 aromatic carbocycles. The van der Waals surface area contributed by atoms with Crippen LogP contribution in [-0.4, -0.2) is 60.9 Å². The van der Waals surface area contributed by atoms with E-state index < -0.39 is 0 Å². The van der Waals surface area contributed by atoms with Crippen molar-refractivity contribution in [3.63, 3.8) is 0 Å². The summed E-state index contributed by atoms with van der Waals surface area (Å²) in [6.07, 6.45) is 43.4. The summed E-state index contributed by atoms with van der Waals surface area (Å²) >= 11 is 0. The van der Waals surface area contributed by atoms with Gasteiger partial charge >= 0.3 is 11.9 Å². The van der Waals surface area contributed by atoms with E-state index in [4.69, 9.17) is 9.47 Å². The van der Waals surface area contributed by atoms with E-state index >= 15 is 0 Å². The van der Waals surface area contributed by atoms with Crippen molar-refractivity contribution in [2.75, 3.05) is 32.8 Å². The number of hydrogen-bond acceptors (Lipinski definition) is 6. The van der Waals surface area contributed by atoms with Gasteiger partial charge in [-0.1, -0.05) is 182 Å². The van der Waals surface area contributed by atoms with Gasteiger partial charge in [-0.25, -0.2) is 0 Å². The zero-order valence-electron chi connectivity index (χ0n) is 39.8. The second-order valence-electron chi connectivity index (χ2n) is 19.6. The minimum absolute atomic E-state index is 0.0211. The molecule has 6 nitrogen and oxygen atoms in total. The molecule has 0 aromatic rings. The van der Waals surface area contributed by atoms with Crippen LogP contribution in [0.3, 0.4) is 0 Å². The van der Waals surface area contributed by atoms with E-state index in [2.05, 4.69) is 39.5 Å². The number of unbranched alkanes of at least 4 members (excludes halogenated alkanes) is 22. The molecule has 0 bridgehead atoms. The standard InChI is InChI=1S/C52H101NO5/c1-6-9-12-15-18-21-27-38-49(55)57-47-51(4,5)39-28-24-33-44-53(45-34-35-46-54)43-32-23-22-29-40-52(41-30-31-42-52)50(56)58-48(36-25-19-16-13-10-7-2)37-26-20-17-14-11-8-3/h48,54H,6-47H2,1-5H3. The lowest BCUT2D eigenvalue weighted by molar-refractivity contribution is -0.163. The molecule has 1 fully saturated rings. The van der Waals surface area contributed by atoms with Crippen molar-refractivity contribution in [2.45, 2.75) is 278 Å². The lowest BCUT2D eigenvalue weighted by Crippen LogP contribution is -2.33. The maximum Gasteiger partial charge on any atom is 0.312 e. The fraction of sp³-hybridized carbons (Fsp3) is 0.962. The predicted octanol–water partition coefficient (Wildman–Crippen LogP) is 15.3. The summed E-state index contributed by atoms with van der Waals surface area (Å²) in [5, 5.41) is 9.41. The highest BCUT2D eigenvalue weighted by Crippen LogP contribution is 2.44. The molecule has 0 heterocycles. The average molecular weight is 820 g/mol. The van der Waals surface area contributed by atoms with Crippen molar-refractivity contribution < 1.29 is 24.2 Å². The van der Waals surface area contributed by atoms with Crippen molar-refractivity contribution in [3.8, 4) is 0 Å². The largest absolute Gasteiger partial charge is 0.465 e. The van der Waals surface area contributed by atoms with Crippen LogP contribution in [0.15, 0.2) is 0 Å². The summed E-state index contributed by atoms with van der Waals surface area (Å²) < 4.78 is 12.2. The normalized spacial score (nSPS) is 14.2. The molecule has 0 aromatic heterocycles. The second kappa shape index (κ2) is 37.6. The van der Waals surface area contributed by atoms with Crippen molar-refractivity contribution in [2.24, 2.45) is 10.8 Å². The molecule has 1 saturated carbocycles. The minimum Gasteiger partial charge on any atom is -0.465 e. The van der Waals surface area contributed by atoms with Gasteiger partial charge in [0.2, 0.25) is 0 Å². The highest BCUT2D eigenvalue weighted by Gasteiger charge is 2.42. The summed E-state index contributed by atoms with van der Waals surface area (Å²) in [5.41, 5.74) is -0.215. The number of carbonyl (C=O) groups excluding carboxylic acids is 2. The lowest BCUT2D eigenvalue weighted by atomic mass is 9.80. The molecule has 0 radical (unpaired) electrons. The van der Waals surface area contributed by atoms with Gasteiger partial charge in [-0.05, 0) is 109 Å². The Kier molecular flexibility index (Phi) is 35.6. The topological polar surface area (TPSA) is 76.1 Å². The third-order valence-corrected chi connectivity index (χ3v) is 13.2. The van der Waals surface area contributed by atoms with Gasteiger partial charge in [-0.15, -0.1) is 0 Å². The van der Waals surface area contributed by atoms with E-state index in [9.17, 15) is 14.7 Å². The molecule has 1 aliphatic rings. The van der Waals surface area contributed by atoms with E-state index in [0.717, 1.165) is 96.7 Å². The first-order valence-electron chi connectivity index (χ1n) is 25.9. The third-order valence-electron chi connectivity index (χ3n) is 13.2. The van der Waals surface area contributed by atoms with Gasteiger partial charge in [0.05, 0.1) is 12.0 Å². The minimum atomic E-state index is -0.236. The number of nitrogens with zero attached hydrogens (tertiary/aromatic N) is 1. The van der Waals surface area contributed by atoms with Gasteiger partial charge in [0, 0.05) is 13.0 Å². The van der Waals surface area contributed by atoms with Crippen LogP contribution in [0.25, 0.3) is 0 Å². The Bertz CT molecular complexity index is 915. The van der Waals surface area contributed by atoms with Gasteiger partial charge in [0.15, 0.2) is 0 Å². The van der Waals surface area contributed by atoms with E-state index in [1.54, 1.807) is 0 Å². The van der Waals surface area contributed by atoms with E-state index in [-0.39, 0.29) is 35.5 Å². The van der Waals surface area contributed by atoms with Crippen LogP contribution in [0, 0.1) is 10.8 Å². The number of carbonyl (C=O) groups is 2. The Labute approximate surface area is 361 Å². The molecule has 0 saturated heterocycles. The van der Waals surface area contributed by atoms with E-state index in [1.807, 2.05) is 0 Å². The van der Waals surface area contributed by atoms with E-state index in [1.165, 1.54) is 154 Å². The van der Waals surface area contributed by atoms with Crippen LogP contribution in [0.5, 0.6) is 0 Å². The SMILES string of the molecule is CCCCCCCCCC(=O)OCC(C)(C)CCCCCN(CCCCO)CCCCCCC1(C(=O)OC(CCCCCCCC)CCCCCCCC)CCCC1. The van der Waals surface area contributed by atoms with Crippen molar-refractivity contribution in [1.29, 1.82) is 0 Å². The van der Waals surface area contributed by atoms with Crippen LogP contribution in [0.2, 0.25) is 0 Å². The van der Waals surface area contributed by atoms with Crippen molar-refractivity contribution in [3.05, 3.63) is 0 Å². The Balaban J connectivity index is 2.43. The Hall–Kier alpha value is -1.14. The maximum atomic E-state index is 13.9. The quantitative estimate of drug-likeness (QED) is 0.0488. The van der Waals surface area contributed by atoms with Crippen molar-refractivity contribution >= 4 is 11.9 Å². The van der Waals surface area contributed by atoms with Crippen molar-refractivity contribution in [1.82, 2.24) is 4.90 Å². The zero-order valence-corrected chi connectivity index (χ0v) is 39.8. The number of aliphatic hydroxyl groups excluding tert-OH is 1. The van der Waals surface area contributed by atoms with Gasteiger partial charge in [0.25, 0.3) is 0 Å². The lowest BCUT2D eigenvalue weighted by Gasteiger charge is -2.30. The van der Waals surface area contributed by atoms with Crippen LogP contribution in [-0.2, 0) is 19.1 Å². The summed E-state index contributed by atoms with van der Waals surface area (Å²) in [4.78, 5) is 28.9. The fourth-order valence-electron chi connectivity index (χ4n) is 9.15. The zero-order chi connectivity index (χ0) is 42.4. The maximum absolute atomic E-state index is 13.9. The van der Waals surface area contributed by atoms with Crippen LogP contribution in [0.1, 0.15) is 272 Å². The Morgan fingerprint density at radius 1 is 0.586 bits per heavy atom. The summed E-state index contributed by atoms with van der Waals surface area (Å²) in [7, 11) is 0. The molecule has 58 heavy (non-hydrogen) atoms. The number of rotatable bonds is 43. The van der Waals surface area contributed by atoms with Crippen LogP contribution < -0.4 is 0 Å². The summed E-state index contributed by atoms with van der Waals surface area (Å²) in [6.45, 7) is 15.4. The molecule has 1 rings (SSSR count). The molecule has 6 heteroatoms. The number of esters is 2. The molecule has 0 amide bonds. The molecule has 0 aliphatic heterocycles. The van der Waals surface area contributed by atoms with Gasteiger partial charge in [0.1, 0.15) is 6.10 Å². The Morgan fingerprint density at radius 3 is 1.57 bits per heavy atom. The number of aliphatic hydroxyl groups is 1. The first-order valence-corrected chi connectivity index (χ1v) is 25.9. The van der Waals surface area contributed by atoms with Gasteiger partial charge in [-0.2, -0.15) is 0 Å². The molecule has 344 valence electrons. The highest BCUT2D eigenvalue weighted by atomic mass is 16.5. The molecule has 1 N–H and O–H groups in total. The Morgan fingerprint density at radius 2 is 1.03 bits per heavy atom. The third kappa shape index (κ3) is 30.0. The van der Waals surface area contributed by atoms with E-state index in [0.29, 0.717) is 13.0 Å². The van der Waals surface area contributed by atoms with Crippen LogP contribution >= 0.6 is 0 Å². The number of hydrogen-bond donors (Lipinski definition) is 1. The second-order valence-corrected chi connectivity index (χ2v) is 19.6. The first kappa shape index (κ1) is 54.9. The monoisotopic (exact) mass is 820 g/mol. The molecular weight excluding hydrogens is 719 g/mol. The average Bonchev–Trinajstić information content (AvgIpc) is 3.70. The van der Waals surface area contributed by atoms with Gasteiger partial charge < -0.3 is 19.5 Å². The predicted molar refractivity (Wildman–Crippen MR) is 248 cm³/mol. The fourth-order valence-corrected chi connectivity index (χ4v) is 9.15. The summed E-state index contributed by atoms with van der Waals surface area (Å²) in [5.74, 6) is 0.118. The summed E-state index contributed by atoms with van der Waals surface area (Å²) in [6, 6.07) is 0. The molecule has 0 spiro atoms. The van der Waals surface area contributed by atoms with Gasteiger partial charge in [-0.3, -0.25) is 9.59 Å². The molecular formula is C52H101NO5. The molecule has 1 aliphatic carbocycles. The number of ether oxygens (including phenoxy) is 2. The molecule has 0 atom stereocenters. The smallest absolute Gasteiger partial charge is 0.312 e. The first-order chi connectivity index (χ1) is 28.2. The molecule has 0 unspecified atom stereocenters. The highest BCUT2D eigenvalue weighted by molar-refractivity contribution is 5.77. The van der Waals surface area contributed by atoms with Crippen LogP contribution in [0.4, 0.5) is 0 Å².